The van der Waals surface area contributed by atoms with Gasteiger partial charge in [0.25, 0.3) is 0 Å². The molecule has 26 heavy (non-hydrogen) atoms. The zero-order valence-electron chi connectivity index (χ0n) is 14.3. The van der Waals surface area contributed by atoms with E-state index >= 15 is 0 Å². The molecule has 5 nitrogen and oxygen atoms in total. The lowest BCUT2D eigenvalue weighted by Gasteiger charge is -2.16. The number of pyridine rings is 2. The summed E-state index contributed by atoms with van der Waals surface area (Å²) in [5.41, 5.74) is 9.90. The topological polar surface area (TPSA) is 69.6 Å². The average molecular weight is 347 g/mol. The molecule has 0 saturated heterocycles. The Hall–Kier alpha value is -3.12. The standard InChI is InChI=1S/C20H18FN5/c1-13-8-9-15(21)17(25-13)11-16(22)20-19(7-4-10-23-20)26-18-6-3-2-5-14(18)12-24-26/h2-10,12,16H,11,22H2,1H3. The Bertz CT molecular complexity index is 1070. The molecule has 1 aromatic carbocycles. The van der Waals surface area contributed by atoms with E-state index in [1.54, 1.807) is 18.5 Å². The number of hydrogen-bond acceptors (Lipinski definition) is 4. The number of aryl methyl sites for hydroxylation is 1. The third-order valence-corrected chi connectivity index (χ3v) is 4.34. The van der Waals surface area contributed by atoms with Crippen molar-refractivity contribution in [3.63, 3.8) is 0 Å². The minimum absolute atomic E-state index is 0.261. The molecule has 1 atom stereocenters. The van der Waals surface area contributed by atoms with Crippen molar-refractivity contribution in [2.75, 3.05) is 0 Å². The molecule has 0 aliphatic heterocycles. The second kappa shape index (κ2) is 6.65. The van der Waals surface area contributed by atoms with Gasteiger partial charge in [0, 0.05) is 23.7 Å². The van der Waals surface area contributed by atoms with E-state index in [1.807, 2.05) is 48.0 Å². The number of nitrogens with zero attached hydrogens (tertiary/aromatic N) is 4. The van der Waals surface area contributed by atoms with Crippen LogP contribution in [0.3, 0.4) is 0 Å². The highest BCUT2D eigenvalue weighted by atomic mass is 19.1. The van der Waals surface area contributed by atoms with E-state index in [4.69, 9.17) is 5.73 Å². The number of benzene rings is 1. The van der Waals surface area contributed by atoms with Crippen molar-refractivity contribution in [3.8, 4) is 5.69 Å². The van der Waals surface area contributed by atoms with Gasteiger partial charge in [-0.25, -0.2) is 9.07 Å². The lowest BCUT2D eigenvalue weighted by molar-refractivity contribution is 0.573. The van der Waals surface area contributed by atoms with Crippen LogP contribution < -0.4 is 5.73 Å². The fourth-order valence-electron chi connectivity index (χ4n) is 3.08. The largest absolute Gasteiger partial charge is 0.322 e. The molecule has 0 saturated carbocycles. The third-order valence-electron chi connectivity index (χ3n) is 4.34. The van der Waals surface area contributed by atoms with Crippen LogP contribution in [0.15, 0.2) is 60.9 Å². The highest BCUT2D eigenvalue weighted by Gasteiger charge is 2.18. The molecule has 0 aliphatic carbocycles. The van der Waals surface area contributed by atoms with E-state index < -0.39 is 6.04 Å². The Morgan fingerprint density at radius 1 is 1.12 bits per heavy atom. The molecule has 0 aliphatic rings. The fraction of sp³-hybridized carbons (Fsp3) is 0.150. The molecule has 6 heteroatoms. The monoisotopic (exact) mass is 347 g/mol. The Labute approximate surface area is 150 Å². The molecular formula is C20H18FN5. The maximum Gasteiger partial charge on any atom is 0.144 e. The molecule has 0 amide bonds. The van der Waals surface area contributed by atoms with Crippen LogP contribution in [-0.2, 0) is 6.42 Å². The number of halogens is 1. The molecule has 0 radical (unpaired) electrons. The van der Waals surface area contributed by atoms with E-state index in [0.717, 1.165) is 22.3 Å². The number of hydrogen-bond donors (Lipinski definition) is 1. The zero-order chi connectivity index (χ0) is 18.1. The van der Waals surface area contributed by atoms with Crippen molar-refractivity contribution in [2.45, 2.75) is 19.4 Å². The van der Waals surface area contributed by atoms with Crippen LogP contribution in [0.25, 0.3) is 16.6 Å². The number of fused-ring (bicyclic) bond motifs is 1. The van der Waals surface area contributed by atoms with Crippen LogP contribution in [-0.4, -0.2) is 19.7 Å². The molecule has 3 heterocycles. The smallest absolute Gasteiger partial charge is 0.144 e. The quantitative estimate of drug-likeness (QED) is 0.613. The second-order valence-corrected chi connectivity index (χ2v) is 6.21. The van der Waals surface area contributed by atoms with Crippen LogP contribution in [0, 0.1) is 12.7 Å². The van der Waals surface area contributed by atoms with Crippen LogP contribution in [0.4, 0.5) is 4.39 Å². The summed E-state index contributed by atoms with van der Waals surface area (Å²) in [5, 5.41) is 5.51. The lowest BCUT2D eigenvalue weighted by atomic mass is 10.1. The van der Waals surface area contributed by atoms with Gasteiger partial charge in [-0.2, -0.15) is 5.10 Å². The Morgan fingerprint density at radius 3 is 2.85 bits per heavy atom. The molecule has 4 aromatic rings. The molecule has 2 N–H and O–H groups in total. The minimum Gasteiger partial charge on any atom is -0.322 e. The first-order chi connectivity index (χ1) is 12.6. The highest BCUT2D eigenvalue weighted by molar-refractivity contribution is 5.80. The van der Waals surface area contributed by atoms with Crippen LogP contribution >= 0.6 is 0 Å². The number of aromatic nitrogens is 4. The molecular weight excluding hydrogens is 329 g/mol. The van der Waals surface area contributed by atoms with Gasteiger partial charge in [-0.15, -0.1) is 0 Å². The average Bonchev–Trinajstić information content (AvgIpc) is 3.08. The second-order valence-electron chi connectivity index (χ2n) is 6.21. The van der Waals surface area contributed by atoms with Gasteiger partial charge in [0.2, 0.25) is 0 Å². The van der Waals surface area contributed by atoms with Crippen LogP contribution in [0.5, 0.6) is 0 Å². The SMILES string of the molecule is Cc1ccc(F)c(CC(N)c2ncccc2-n2ncc3ccccc32)n1. The van der Waals surface area contributed by atoms with Crippen LogP contribution in [0.2, 0.25) is 0 Å². The first kappa shape index (κ1) is 16.4. The summed E-state index contributed by atoms with van der Waals surface area (Å²) >= 11 is 0. The molecule has 1 unspecified atom stereocenters. The Morgan fingerprint density at radius 2 is 1.96 bits per heavy atom. The van der Waals surface area contributed by atoms with Crippen LogP contribution in [0.1, 0.15) is 23.1 Å². The molecule has 0 bridgehead atoms. The summed E-state index contributed by atoms with van der Waals surface area (Å²) in [6.07, 6.45) is 3.75. The van der Waals surface area contributed by atoms with Gasteiger partial charge in [0.1, 0.15) is 5.82 Å². The number of para-hydroxylation sites is 1. The van der Waals surface area contributed by atoms with Crippen molar-refractivity contribution in [3.05, 3.63) is 83.8 Å². The lowest BCUT2D eigenvalue weighted by Crippen LogP contribution is -2.19. The van der Waals surface area contributed by atoms with E-state index in [2.05, 4.69) is 15.1 Å². The van der Waals surface area contributed by atoms with E-state index in [0.29, 0.717) is 11.4 Å². The molecule has 3 aromatic heterocycles. The molecule has 0 spiro atoms. The normalized spacial score (nSPS) is 12.4. The maximum absolute atomic E-state index is 14.1. The Kier molecular flexibility index (Phi) is 4.18. The van der Waals surface area contributed by atoms with Crippen molar-refractivity contribution in [1.82, 2.24) is 19.7 Å². The molecule has 4 rings (SSSR count). The van der Waals surface area contributed by atoms with Crippen molar-refractivity contribution >= 4 is 10.9 Å². The van der Waals surface area contributed by atoms with Crippen molar-refractivity contribution in [2.24, 2.45) is 5.73 Å². The summed E-state index contributed by atoms with van der Waals surface area (Å²) in [6, 6.07) is 14.2. The molecule has 0 fully saturated rings. The summed E-state index contributed by atoms with van der Waals surface area (Å²) in [4.78, 5) is 8.73. The van der Waals surface area contributed by atoms with Gasteiger partial charge in [0.15, 0.2) is 0 Å². The van der Waals surface area contributed by atoms with Gasteiger partial charge in [-0.05, 0) is 37.3 Å². The first-order valence-corrected chi connectivity index (χ1v) is 8.39. The van der Waals surface area contributed by atoms with E-state index in [1.165, 1.54) is 6.07 Å². The predicted molar refractivity (Wildman–Crippen MR) is 98.4 cm³/mol. The summed E-state index contributed by atoms with van der Waals surface area (Å²) in [5.74, 6) is -0.354. The number of rotatable bonds is 4. The zero-order valence-corrected chi connectivity index (χ0v) is 14.3. The van der Waals surface area contributed by atoms with Crippen molar-refractivity contribution < 1.29 is 4.39 Å². The number of nitrogens with two attached hydrogens (primary N) is 1. The highest BCUT2D eigenvalue weighted by Crippen LogP contribution is 2.24. The van der Waals surface area contributed by atoms with Gasteiger partial charge in [-0.3, -0.25) is 9.97 Å². The molecule has 130 valence electrons. The Balaban J connectivity index is 1.75. The van der Waals surface area contributed by atoms with Crippen molar-refractivity contribution in [1.29, 1.82) is 0 Å². The van der Waals surface area contributed by atoms with Gasteiger partial charge >= 0.3 is 0 Å². The van der Waals surface area contributed by atoms with Gasteiger partial charge in [-0.1, -0.05) is 18.2 Å². The third kappa shape index (κ3) is 2.95. The predicted octanol–water partition coefficient (Wildman–Crippen LogP) is 3.51. The maximum atomic E-state index is 14.1. The van der Waals surface area contributed by atoms with E-state index in [-0.39, 0.29) is 12.2 Å². The summed E-state index contributed by atoms with van der Waals surface area (Å²) in [6.45, 7) is 1.83. The summed E-state index contributed by atoms with van der Waals surface area (Å²) in [7, 11) is 0. The van der Waals surface area contributed by atoms with Gasteiger partial charge < -0.3 is 5.73 Å². The summed E-state index contributed by atoms with van der Waals surface area (Å²) < 4.78 is 15.9. The van der Waals surface area contributed by atoms with Gasteiger partial charge in [0.05, 0.1) is 34.8 Å². The van der Waals surface area contributed by atoms with E-state index in [9.17, 15) is 4.39 Å². The first-order valence-electron chi connectivity index (χ1n) is 8.39. The minimum atomic E-state index is -0.502. The fourth-order valence-corrected chi connectivity index (χ4v) is 3.08.